The van der Waals surface area contributed by atoms with Gasteiger partial charge < -0.3 is 10.1 Å². The highest BCUT2D eigenvalue weighted by Gasteiger charge is 2.17. The quantitative estimate of drug-likeness (QED) is 0.832. The first-order chi connectivity index (χ1) is 8.83. The number of benzene rings is 1. The van der Waals surface area contributed by atoms with Crippen LogP contribution in [-0.4, -0.2) is 35.8 Å². The Morgan fingerprint density at radius 3 is 2.89 bits per heavy atom. The first kappa shape index (κ1) is 12.7. The summed E-state index contributed by atoms with van der Waals surface area (Å²) in [6.45, 7) is 0.936. The summed E-state index contributed by atoms with van der Waals surface area (Å²) in [4.78, 5) is 12.7. The van der Waals surface area contributed by atoms with Gasteiger partial charge in [-0.3, -0.25) is 4.79 Å². The van der Waals surface area contributed by atoms with Gasteiger partial charge in [0.05, 0.1) is 11.5 Å². The van der Waals surface area contributed by atoms with Crippen molar-refractivity contribution in [1.82, 2.24) is 14.9 Å². The zero-order valence-electron chi connectivity index (χ0n) is 9.92. The molecule has 0 spiro atoms. The Bertz CT molecular complexity index is 513. The van der Waals surface area contributed by atoms with E-state index in [2.05, 4.69) is 14.9 Å². The third-order valence-corrected chi connectivity index (χ3v) is 3.11. The van der Waals surface area contributed by atoms with Crippen molar-refractivity contribution in [1.29, 1.82) is 0 Å². The van der Waals surface area contributed by atoms with Crippen LogP contribution in [0.2, 0.25) is 0 Å². The molecule has 0 saturated heterocycles. The van der Waals surface area contributed by atoms with Crippen LogP contribution < -0.4 is 5.32 Å². The summed E-state index contributed by atoms with van der Waals surface area (Å²) >= 11 is 1.22. The third-order valence-electron chi connectivity index (χ3n) is 2.33. The van der Waals surface area contributed by atoms with Gasteiger partial charge in [-0.25, -0.2) is 0 Å². The second-order valence-electron chi connectivity index (χ2n) is 3.57. The normalized spacial score (nSPS) is 10.3. The molecule has 1 N–H and O–H groups in total. The minimum atomic E-state index is -0.223. The molecule has 1 amide bonds. The lowest BCUT2D eigenvalue weighted by Crippen LogP contribution is -2.27. The molecule has 0 saturated carbocycles. The Balaban J connectivity index is 2.15. The zero-order valence-corrected chi connectivity index (χ0v) is 10.7. The van der Waals surface area contributed by atoms with Crippen LogP contribution in [0.5, 0.6) is 0 Å². The van der Waals surface area contributed by atoms with Crippen LogP contribution in [0.25, 0.3) is 10.4 Å². The van der Waals surface area contributed by atoms with Crippen molar-refractivity contribution < 1.29 is 9.53 Å². The Morgan fingerprint density at radius 2 is 2.17 bits per heavy atom. The highest BCUT2D eigenvalue weighted by atomic mass is 32.1. The molecule has 0 bridgehead atoms. The van der Waals surface area contributed by atoms with Gasteiger partial charge >= 0.3 is 0 Å². The number of aromatic nitrogens is 2. The molecule has 1 aromatic carbocycles. The molecule has 5 nitrogen and oxygen atoms in total. The van der Waals surface area contributed by atoms with Crippen LogP contribution in [0, 0.1) is 0 Å². The fourth-order valence-corrected chi connectivity index (χ4v) is 2.13. The molecule has 0 atom stereocenters. The number of hydrogen-bond acceptors (Lipinski definition) is 5. The van der Waals surface area contributed by atoms with Crippen molar-refractivity contribution in [3.05, 3.63) is 36.0 Å². The molecular weight excluding hydrogens is 250 g/mol. The van der Waals surface area contributed by atoms with E-state index in [-0.39, 0.29) is 5.91 Å². The molecule has 0 aliphatic carbocycles. The van der Waals surface area contributed by atoms with E-state index in [1.165, 1.54) is 11.5 Å². The summed E-state index contributed by atoms with van der Waals surface area (Å²) in [5.41, 5.74) is 1.31. The molecule has 6 heteroatoms. The first-order valence-electron chi connectivity index (χ1n) is 5.48. The summed E-state index contributed by atoms with van der Waals surface area (Å²) in [5, 5.41) is 6.62. The van der Waals surface area contributed by atoms with Gasteiger partial charge in [0.25, 0.3) is 5.91 Å². The molecule has 0 radical (unpaired) electrons. The Morgan fingerprint density at radius 1 is 1.39 bits per heavy atom. The third kappa shape index (κ3) is 2.91. The predicted octanol–water partition coefficient (Wildman–Crippen LogP) is 1.58. The Kier molecular flexibility index (Phi) is 4.38. The van der Waals surface area contributed by atoms with E-state index < -0.39 is 0 Å². The summed E-state index contributed by atoms with van der Waals surface area (Å²) in [6.07, 6.45) is 0. The average molecular weight is 263 g/mol. The maximum absolute atomic E-state index is 11.9. The highest BCUT2D eigenvalue weighted by molar-refractivity contribution is 7.09. The maximum atomic E-state index is 11.9. The second kappa shape index (κ2) is 6.23. The second-order valence-corrected chi connectivity index (χ2v) is 4.32. The summed E-state index contributed by atoms with van der Waals surface area (Å²) < 4.78 is 8.72. The fourth-order valence-electron chi connectivity index (χ4n) is 1.47. The molecule has 18 heavy (non-hydrogen) atoms. The smallest absolute Gasteiger partial charge is 0.273 e. The van der Waals surface area contributed by atoms with Crippen molar-refractivity contribution >= 4 is 17.4 Å². The molecule has 94 valence electrons. The van der Waals surface area contributed by atoms with Gasteiger partial charge in [-0.05, 0) is 17.1 Å². The molecule has 0 fully saturated rings. The van der Waals surface area contributed by atoms with Crippen LogP contribution in [0.3, 0.4) is 0 Å². The van der Waals surface area contributed by atoms with E-state index in [9.17, 15) is 4.79 Å². The number of rotatable bonds is 5. The summed E-state index contributed by atoms with van der Waals surface area (Å²) in [7, 11) is 1.59. The summed E-state index contributed by atoms with van der Waals surface area (Å²) in [5.74, 6) is -0.223. The van der Waals surface area contributed by atoms with Gasteiger partial charge in [-0.2, -0.15) is 0 Å². The van der Waals surface area contributed by atoms with Gasteiger partial charge in [-0.1, -0.05) is 34.8 Å². The lowest BCUT2D eigenvalue weighted by atomic mass is 10.1. The number of nitrogens with zero attached hydrogens (tertiary/aromatic N) is 2. The van der Waals surface area contributed by atoms with Gasteiger partial charge in [0.1, 0.15) is 0 Å². The SMILES string of the molecule is COCCNC(=O)c1nnsc1-c1ccccc1. The predicted molar refractivity (Wildman–Crippen MR) is 69.6 cm³/mol. The highest BCUT2D eigenvalue weighted by Crippen LogP contribution is 2.25. The van der Waals surface area contributed by atoms with Crippen LogP contribution in [-0.2, 0) is 4.74 Å². The largest absolute Gasteiger partial charge is 0.383 e. The van der Waals surface area contributed by atoms with Crippen molar-refractivity contribution in [2.24, 2.45) is 0 Å². The number of methoxy groups -OCH3 is 1. The van der Waals surface area contributed by atoms with Gasteiger partial charge in [0.2, 0.25) is 0 Å². The standard InChI is InChI=1S/C12H13N3O2S/c1-17-8-7-13-12(16)10-11(18-15-14-10)9-5-3-2-4-6-9/h2-6H,7-8H2,1H3,(H,13,16). The Labute approximate surface area is 109 Å². The van der Waals surface area contributed by atoms with E-state index in [1.54, 1.807) is 7.11 Å². The molecule has 0 unspecified atom stereocenters. The van der Waals surface area contributed by atoms with Crippen molar-refractivity contribution in [2.45, 2.75) is 0 Å². The van der Waals surface area contributed by atoms with Crippen molar-refractivity contribution in [2.75, 3.05) is 20.3 Å². The van der Waals surface area contributed by atoms with E-state index in [4.69, 9.17) is 4.74 Å². The van der Waals surface area contributed by atoms with Gasteiger partial charge in [0.15, 0.2) is 5.69 Å². The zero-order chi connectivity index (χ0) is 12.8. The van der Waals surface area contributed by atoms with Gasteiger partial charge in [-0.15, -0.1) is 5.10 Å². The number of carbonyl (C=O) groups excluding carboxylic acids is 1. The minimum absolute atomic E-state index is 0.223. The van der Waals surface area contributed by atoms with E-state index >= 15 is 0 Å². The first-order valence-corrected chi connectivity index (χ1v) is 6.25. The Hall–Kier alpha value is -1.79. The number of amides is 1. The van der Waals surface area contributed by atoms with Crippen LogP contribution in [0.4, 0.5) is 0 Å². The molecule has 0 aliphatic heterocycles. The number of hydrogen-bond donors (Lipinski definition) is 1. The van der Waals surface area contributed by atoms with E-state index in [0.717, 1.165) is 10.4 Å². The van der Waals surface area contributed by atoms with Gasteiger partial charge in [0, 0.05) is 13.7 Å². The number of carbonyl (C=O) groups is 1. The van der Waals surface area contributed by atoms with E-state index in [0.29, 0.717) is 18.8 Å². The molecule has 2 rings (SSSR count). The molecular formula is C12H13N3O2S. The van der Waals surface area contributed by atoms with Crippen LogP contribution in [0.1, 0.15) is 10.5 Å². The van der Waals surface area contributed by atoms with E-state index in [1.807, 2.05) is 30.3 Å². The lowest BCUT2D eigenvalue weighted by Gasteiger charge is -2.03. The number of ether oxygens (including phenoxy) is 1. The topological polar surface area (TPSA) is 64.1 Å². The van der Waals surface area contributed by atoms with Crippen LogP contribution >= 0.6 is 11.5 Å². The molecule has 1 heterocycles. The molecule has 0 aliphatic rings. The maximum Gasteiger partial charge on any atom is 0.273 e. The average Bonchev–Trinajstić information content (AvgIpc) is 2.89. The summed E-state index contributed by atoms with van der Waals surface area (Å²) in [6, 6.07) is 9.63. The number of nitrogens with one attached hydrogen (secondary N) is 1. The molecule has 2 aromatic rings. The van der Waals surface area contributed by atoms with Crippen LogP contribution in [0.15, 0.2) is 30.3 Å². The molecule has 1 aromatic heterocycles. The fraction of sp³-hybridized carbons (Fsp3) is 0.250. The minimum Gasteiger partial charge on any atom is -0.383 e. The van der Waals surface area contributed by atoms with Crippen molar-refractivity contribution in [3.8, 4) is 10.4 Å². The monoisotopic (exact) mass is 263 g/mol. The van der Waals surface area contributed by atoms with Crippen molar-refractivity contribution in [3.63, 3.8) is 0 Å². The lowest BCUT2D eigenvalue weighted by molar-refractivity contribution is 0.0933.